The molecule has 0 saturated carbocycles. The van der Waals surface area contributed by atoms with Gasteiger partial charge in [-0.2, -0.15) is 48.3 Å². The number of alkyl halides is 11. The summed E-state index contributed by atoms with van der Waals surface area (Å²) in [6, 6.07) is 2.31. The van der Waals surface area contributed by atoms with Gasteiger partial charge in [0.05, 0.1) is 0 Å². The number of benzene rings is 1. The van der Waals surface area contributed by atoms with Gasteiger partial charge in [0, 0.05) is 0 Å². The van der Waals surface area contributed by atoms with E-state index in [1.165, 1.54) is 19.9 Å². The zero-order chi connectivity index (χ0) is 23.2. The summed E-state index contributed by atoms with van der Waals surface area (Å²) >= 11 is 0. The second-order valence-electron chi connectivity index (χ2n) is 5.88. The highest BCUT2D eigenvalue weighted by atomic mass is 19.4. The molecule has 0 saturated heterocycles. The molecular formula is C15H11F11O3. The molecule has 0 aliphatic carbocycles. The van der Waals surface area contributed by atoms with Crippen molar-refractivity contribution in [3.63, 3.8) is 0 Å². The van der Waals surface area contributed by atoms with E-state index in [9.17, 15) is 53.1 Å². The van der Waals surface area contributed by atoms with Crippen molar-refractivity contribution in [2.45, 2.75) is 51.0 Å². The van der Waals surface area contributed by atoms with Gasteiger partial charge >= 0.3 is 36.2 Å². The second-order valence-corrected chi connectivity index (χ2v) is 5.88. The first-order valence-electron chi connectivity index (χ1n) is 7.25. The van der Waals surface area contributed by atoms with Crippen molar-refractivity contribution in [1.29, 1.82) is 0 Å². The third kappa shape index (κ3) is 4.56. The summed E-state index contributed by atoms with van der Waals surface area (Å²) in [6.45, 7) is 3.89. The number of halogens is 11. The fourth-order valence-electron chi connectivity index (χ4n) is 1.89. The molecule has 0 aromatic heterocycles. The number of carbonyl (C=O) groups excluding carboxylic acids is 1. The Hall–Kier alpha value is -2.12. The van der Waals surface area contributed by atoms with E-state index in [0.717, 1.165) is 13.0 Å². The van der Waals surface area contributed by atoms with E-state index < -0.39 is 42.0 Å². The number of hydrogen-bond donors (Lipinski definition) is 0. The predicted molar refractivity (Wildman–Crippen MR) is 73.2 cm³/mol. The van der Waals surface area contributed by atoms with Crippen molar-refractivity contribution < 1.29 is 62.6 Å². The third-order valence-corrected chi connectivity index (χ3v) is 3.58. The summed E-state index contributed by atoms with van der Waals surface area (Å²) in [4.78, 5) is 11.6. The minimum atomic E-state index is -7.27. The molecule has 1 aromatic carbocycles. The molecule has 1 atom stereocenters. The van der Waals surface area contributed by atoms with Gasteiger partial charge in [0.1, 0.15) is 5.75 Å². The Kier molecular flexibility index (Phi) is 6.26. The fourth-order valence-corrected chi connectivity index (χ4v) is 1.89. The Morgan fingerprint density at radius 1 is 0.793 bits per heavy atom. The molecule has 0 unspecified atom stereocenters. The highest BCUT2D eigenvalue weighted by Crippen LogP contribution is 2.51. The topological polar surface area (TPSA) is 35.5 Å². The van der Waals surface area contributed by atoms with Crippen LogP contribution in [0.3, 0.4) is 0 Å². The first-order valence-corrected chi connectivity index (χ1v) is 7.25. The van der Waals surface area contributed by atoms with Crippen LogP contribution in [-0.2, 0) is 9.53 Å². The van der Waals surface area contributed by atoms with E-state index in [0.29, 0.717) is 5.56 Å². The van der Waals surface area contributed by atoms with Crippen LogP contribution in [0.5, 0.6) is 5.75 Å². The first-order chi connectivity index (χ1) is 12.7. The van der Waals surface area contributed by atoms with Crippen LogP contribution in [0, 0.1) is 20.8 Å². The SMILES string of the molecule is Cc1cc(C)c(C)c(OC(=O)[C@](F)(OC(F)(F)C(F)(F)C(F)(F)F)C(F)(F)F)c1. The van der Waals surface area contributed by atoms with Gasteiger partial charge < -0.3 is 4.74 Å². The van der Waals surface area contributed by atoms with E-state index in [-0.39, 0.29) is 11.1 Å². The van der Waals surface area contributed by atoms with Crippen LogP contribution in [0.25, 0.3) is 0 Å². The lowest BCUT2D eigenvalue weighted by molar-refractivity contribution is -0.474. The molecule has 0 aliphatic rings. The molecule has 1 aromatic rings. The molecule has 0 N–H and O–H groups in total. The van der Waals surface area contributed by atoms with Crippen molar-refractivity contribution >= 4 is 5.97 Å². The zero-order valence-electron chi connectivity index (χ0n) is 14.5. The monoisotopic (exact) mass is 448 g/mol. The van der Waals surface area contributed by atoms with E-state index in [4.69, 9.17) is 0 Å². The van der Waals surface area contributed by atoms with E-state index >= 15 is 0 Å². The Bertz CT molecular complexity index is 783. The molecule has 0 amide bonds. The van der Waals surface area contributed by atoms with E-state index in [2.05, 4.69) is 9.47 Å². The van der Waals surface area contributed by atoms with Crippen molar-refractivity contribution in [3.05, 3.63) is 28.8 Å². The molecule has 0 bridgehead atoms. The molecule has 0 radical (unpaired) electrons. The number of rotatable bonds is 5. The lowest BCUT2D eigenvalue weighted by Crippen LogP contribution is -2.62. The first kappa shape index (κ1) is 24.9. The summed E-state index contributed by atoms with van der Waals surface area (Å²) in [5, 5.41) is 0. The molecule has 0 aliphatic heterocycles. The van der Waals surface area contributed by atoms with Crippen LogP contribution in [0.1, 0.15) is 16.7 Å². The minimum Gasteiger partial charge on any atom is -0.422 e. The smallest absolute Gasteiger partial charge is 0.422 e. The fraction of sp³-hybridized carbons (Fsp3) is 0.533. The second kappa shape index (κ2) is 7.29. The highest BCUT2D eigenvalue weighted by Gasteiger charge is 2.80. The Balaban J connectivity index is 3.41. The molecule has 3 nitrogen and oxygen atoms in total. The lowest BCUT2D eigenvalue weighted by Gasteiger charge is -2.33. The predicted octanol–water partition coefficient (Wildman–Crippen LogP) is 5.55. The highest BCUT2D eigenvalue weighted by molar-refractivity contribution is 5.81. The van der Waals surface area contributed by atoms with Crippen LogP contribution in [0.2, 0.25) is 0 Å². The quantitative estimate of drug-likeness (QED) is 0.337. The van der Waals surface area contributed by atoms with Crippen LogP contribution in [0.15, 0.2) is 12.1 Å². The van der Waals surface area contributed by atoms with E-state index in [1.54, 1.807) is 0 Å². The zero-order valence-corrected chi connectivity index (χ0v) is 14.5. The number of hydrogen-bond acceptors (Lipinski definition) is 3. The molecule has 0 heterocycles. The molecule has 0 fully saturated rings. The summed E-state index contributed by atoms with van der Waals surface area (Å²) in [7, 11) is 0. The van der Waals surface area contributed by atoms with Gasteiger partial charge in [0.15, 0.2) is 0 Å². The Morgan fingerprint density at radius 3 is 1.69 bits per heavy atom. The molecule has 166 valence electrons. The Morgan fingerprint density at radius 2 is 1.28 bits per heavy atom. The number of aryl methyl sites for hydroxylation is 2. The van der Waals surface area contributed by atoms with Crippen LogP contribution < -0.4 is 4.74 Å². The van der Waals surface area contributed by atoms with Crippen molar-refractivity contribution in [2.75, 3.05) is 0 Å². The molecule has 29 heavy (non-hydrogen) atoms. The number of esters is 1. The van der Waals surface area contributed by atoms with Crippen molar-refractivity contribution in [2.24, 2.45) is 0 Å². The summed E-state index contributed by atoms with van der Waals surface area (Å²) in [5.41, 5.74) is 0.474. The molecule has 14 heteroatoms. The standard InChI is InChI=1S/C15H11F11O3/c1-6-4-7(2)8(3)9(5-6)28-10(27)11(16,13(19,20)21)29-15(25,26)12(17,18)14(22,23)24/h4-5H,1-3H3/t11-/m0/s1. The summed E-state index contributed by atoms with van der Waals surface area (Å²) in [6.07, 6.45) is -21.1. The lowest BCUT2D eigenvalue weighted by atomic mass is 10.1. The van der Waals surface area contributed by atoms with Gasteiger partial charge in [-0.15, -0.1) is 0 Å². The van der Waals surface area contributed by atoms with Crippen LogP contribution >= 0.6 is 0 Å². The van der Waals surface area contributed by atoms with Crippen molar-refractivity contribution in [3.8, 4) is 5.75 Å². The summed E-state index contributed by atoms with van der Waals surface area (Å²) < 4.78 is 147. The average Bonchev–Trinajstić information content (AvgIpc) is 2.49. The van der Waals surface area contributed by atoms with Gasteiger partial charge in [0.2, 0.25) is 0 Å². The van der Waals surface area contributed by atoms with Gasteiger partial charge in [-0.25, -0.2) is 4.79 Å². The maximum Gasteiger partial charge on any atom is 0.462 e. The van der Waals surface area contributed by atoms with Gasteiger partial charge in [-0.05, 0) is 43.5 Å². The minimum absolute atomic E-state index is 0.0687. The normalized spacial score (nSPS) is 15.8. The largest absolute Gasteiger partial charge is 0.462 e. The van der Waals surface area contributed by atoms with Crippen molar-refractivity contribution in [1.82, 2.24) is 0 Å². The van der Waals surface area contributed by atoms with E-state index in [1.807, 2.05) is 0 Å². The maximum absolute atomic E-state index is 14.1. The molecule has 1 rings (SSSR count). The number of carbonyl (C=O) groups is 1. The van der Waals surface area contributed by atoms with Crippen LogP contribution in [-0.4, -0.2) is 36.2 Å². The van der Waals surface area contributed by atoms with Gasteiger partial charge in [-0.1, -0.05) is 6.07 Å². The third-order valence-electron chi connectivity index (χ3n) is 3.58. The van der Waals surface area contributed by atoms with Gasteiger partial charge in [0.25, 0.3) is 0 Å². The summed E-state index contributed by atoms with van der Waals surface area (Å²) in [5.74, 6) is -17.7. The maximum atomic E-state index is 14.1. The molecular weight excluding hydrogens is 437 g/mol. The van der Waals surface area contributed by atoms with Crippen LogP contribution in [0.4, 0.5) is 48.3 Å². The molecule has 0 spiro atoms. The number of ether oxygens (including phenoxy) is 2. The average molecular weight is 448 g/mol. The van der Waals surface area contributed by atoms with Gasteiger partial charge in [-0.3, -0.25) is 4.74 Å². The Labute approximate surface area is 155 Å².